The minimum atomic E-state index is -1.25. The summed E-state index contributed by atoms with van der Waals surface area (Å²) in [6, 6.07) is 7.23. The standard InChI is InChI=1S/C17H17ClN4O3S/c18-11-3-1-2-4-12(11)22-14(10-5-6-10)19-13(21-22)15(23)20-17(16(24)25)7-8-26-9-17/h1-4,10H,5-9H2,(H,20,23)(H,24,25). The summed E-state index contributed by atoms with van der Waals surface area (Å²) in [5.41, 5.74) is -0.593. The normalized spacial score (nSPS) is 22.3. The van der Waals surface area contributed by atoms with E-state index in [-0.39, 0.29) is 11.7 Å². The van der Waals surface area contributed by atoms with Crippen molar-refractivity contribution in [3.8, 4) is 5.69 Å². The number of rotatable bonds is 5. The molecule has 26 heavy (non-hydrogen) atoms. The van der Waals surface area contributed by atoms with Crippen molar-refractivity contribution < 1.29 is 14.7 Å². The Hall–Kier alpha value is -2.06. The van der Waals surface area contributed by atoms with E-state index in [1.165, 1.54) is 11.8 Å². The molecule has 2 N–H and O–H groups in total. The third-order valence-corrected chi connectivity index (χ3v) is 6.15. The van der Waals surface area contributed by atoms with Crippen molar-refractivity contribution in [2.24, 2.45) is 0 Å². The van der Waals surface area contributed by atoms with Crippen LogP contribution < -0.4 is 5.32 Å². The van der Waals surface area contributed by atoms with Crippen LogP contribution in [0.5, 0.6) is 0 Å². The van der Waals surface area contributed by atoms with Crippen LogP contribution in [0, 0.1) is 0 Å². The van der Waals surface area contributed by atoms with Crippen LogP contribution in [-0.2, 0) is 4.79 Å². The Kier molecular flexibility index (Phi) is 4.40. The number of hydrogen-bond acceptors (Lipinski definition) is 5. The number of aliphatic carboxylic acids is 1. The van der Waals surface area contributed by atoms with Gasteiger partial charge in [-0.05, 0) is 37.1 Å². The number of para-hydroxylation sites is 1. The minimum Gasteiger partial charge on any atom is -0.479 e. The first-order valence-electron chi connectivity index (χ1n) is 8.36. The zero-order valence-corrected chi connectivity index (χ0v) is 15.4. The number of aromatic nitrogens is 3. The average Bonchev–Trinajstić information content (AvgIpc) is 3.18. The van der Waals surface area contributed by atoms with E-state index in [1.807, 2.05) is 18.2 Å². The monoisotopic (exact) mass is 392 g/mol. The summed E-state index contributed by atoms with van der Waals surface area (Å²) in [5.74, 6) is 0.357. The maximum atomic E-state index is 12.7. The van der Waals surface area contributed by atoms with Gasteiger partial charge in [0.05, 0.1) is 10.7 Å². The zero-order valence-electron chi connectivity index (χ0n) is 13.8. The molecule has 1 aliphatic carbocycles. The number of thioether (sulfide) groups is 1. The van der Waals surface area contributed by atoms with E-state index in [2.05, 4.69) is 15.4 Å². The summed E-state index contributed by atoms with van der Waals surface area (Å²) in [5, 5.41) is 17.0. The summed E-state index contributed by atoms with van der Waals surface area (Å²) < 4.78 is 1.60. The van der Waals surface area contributed by atoms with Crippen LogP contribution in [0.25, 0.3) is 5.69 Å². The lowest BCUT2D eigenvalue weighted by Crippen LogP contribution is -2.55. The molecule has 1 saturated heterocycles. The second kappa shape index (κ2) is 6.59. The summed E-state index contributed by atoms with van der Waals surface area (Å²) >= 11 is 7.79. The molecule has 0 radical (unpaired) electrons. The number of carboxylic acid groups (broad SMARTS) is 1. The Morgan fingerprint density at radius 3 is 2.73 bits per heavy atom. The Morgan fingerprint density at radius 1 is 1.35 bits per heavy atom. The third kappa shape index (κ3) is 3.07. The van der Waals surface area contributed by atoms with Crippen LogP contribution in [0.4, 0.5) is 0 Å². The number of halogens is 1. The summed E-state index contributed by atoms with van der Waals surface area (Å²) in [6.07, 6.45) is 2.36. The second-order valence-electron chi connectivity index (χ2n) is 6.58. The van der Waals surface area contributed by atoms with E-state index in [9.17, 15) is 14.7 Å². The molecule has 1 aromatic carbocycles. The molecule has 2 aromatic rings. The predicted molar refractivity (Wildman–Crippen MR) is 98.1 cm³/mol. The van der Waals surface area contributed by atoms with Crippen LogP contribution in [0.1, 0.15) is 41.6 Å². The first-order chi connectivity index (χ1) is 12.5. The fourth-order valence-electron chi connectivity index (χ4n) is 2.99. The van der Waals surface area contributed by atoms with Gasteiger partial charge in [0.2, 0.25) is 5.82 Å². The lowest BCUT2D eigenvalue weighted by atomic mass is 9.99. The smallest absolute Gasteiger partial charge is 0.330 e. The Bertz CT molecular complexity index is 875. The zero-order chi connectivity index (χ0) is 18.3. The van der Waals surface area contributed by atoms with Gasteiger partial charge in [-0.2, -0.15) is 11.8 Å². The van der Waals surface area contributed by atoms with Crippen molar-refractivity contribution in [1.29, 1.82) is 0 Å². The summed E-state index contributed by atoms with van der Waals surface area (Å²) in [4.78, 5) is 28.7. The van der Waals surface area contributed by atoms with Gasteiger partial charge >= 0.3 is 5.97 Å². The van der Waals surface area contributed by atoms with Gasteiger partial charge in [0.15, 0.2) is 0 Å². The van der Waals surface area contributed by atoms with Gasteiger partial charge in [0.25, 0.3) is 5.91 Å². The predicted octanol–water partition coefficient (Wildman–Crippen LogP) is 2.49. The van der Waals surface area contributed by atoms with E-state index in [4.69, 9.17) is 11.6 Å². The third-order valence-electron chi connectivity index (χ3n) is 4.64. The maximum Gasteiger partial charge on any atom is 0.330 e. The Balaban J connectivity index is 1.67. The first kappa shape index (κ1) is 17.4. The molecule has 136 valence electrons. The van der Waals surface area contributed by atoms with Crippen molar-refractivity contribution in [3.05, 3.63) is 40.9 Å². The van der Waals surface area contributed by atoms with Crippen LogP contribution in [0.15, 0.2) is 24.3 Å². The first-order valence-corrected chi connectivity index (χ1v) is 9.89. The van der Waals surface area contributed by atoms with Crippen molar-refractivity contribution in [2.45, 2.75) is 30.7 Å². The highest BCUT2D eigenvalue weighted by Gasteiger charge is 2.44. The summed E-state index contributed by atoms with van der Waals surface area (Å²) in [7, 11) is 0. The molecular weight excluding hydrogens is 376 g/mol. The van der Waals surface area contributed by atoms with Gasteiger partial charge in [0, 0.05) is 11.7 Å². The van der Waals surface area contributed by atoms with E-state index in [0.717, 1.165) is 12.8 Å². The highest BCUT2D eigenvalue weighted by Crippen LogP contribution is 2.40. The number of nitrogens with one attached hydrogen (secondary N) is 1. The van der Waals surface area contributed by atoms with Crippen molar-refractivity contribution in [2.75, 3.05) is 11.5 Å². The molecule has 9 heteroatoms. The Morgan fingerprint density at radius 2 is 2.12 bits per heavy atom. The molecule has 1 atom stereocenters. The molecule has 0 bridgehead atoms. The molecule has 0 spiro atoms. The van der Waals surface area contributed by atoms with Crippen LogP contribution in [0.2, 0.25) is 5.02 Å². The average molecular weight is 393 g/mol. The van der Waals surface area contributed by atoms with Crippen molar-refractivity contribution in [1.82, 2.24) is 20.1 Å². The van der Waals surface area contributed by atoms with E-state index >= 15 is 0 Å². The molecule has 1 amide bonds. The van der Waals surface area contributed by atoms with Gasteiger partial charge < -0.3 is 10.4 Å². The van der Waals surface area contributed by atoms with Crippen LogP contribution in [0.3, 0.4) is 0 Å². The molecule has 1 unspecified atom stereocenters. The molecule has 2 fully saturated rings. The lowest BCUT2D eigenvalue weighted by Gasteiger charge is -2.23. The fraction of sp³-hybridized carbons (Fsp3) is 0.412. The lowest BCUT2D eigenvalue weighted by molar-refractivity contribution is -0.143. The molecule has 7 nitrogen and oxygen atoms in total. The molecule has 2 aliphatic rings. The highest BCUT2D eigenvalue weighted by molar-refractivity contribution is 7.99. The Labute approximate surface area is 159 Å². The number of carbonyl (C=O) groups is 2. The molecule has 1 saturated carbocycles. The van der Waals surface area contributed by atoms with Gasteiger partial charge in [-0.15, -0.1) is 5.10 Å². The number of carbonyl (C=O) groups excluding carboxylic acids is 1. The van der Waals surface area contributed by atoms with E-state index in [0.29, 0.717) is 34.5 Å². The van der Waals surface area contributed by atoms with E-state index < -0.39 is 17.4 Å². The minimum absolute atomic E-state index is 0.0238. The van der Waals surface area contributed by atoms with Gasteiger partial charge in [0.1, 0.15) is 11.4 Å². The number of benzene rings is 1. The topological polar surface area (TPSA) is 97.1 Å². The van der Waals surface area contributed by atoms with Crippen LogP contribution >= 0.6 is 23.4 Å². The van der Waals surface area contributed by atoms with Gasteiger partial charge in [-0.1, -0.05) is 23.7 Å². The molecular formula is C17H17ClN4O3S. The summed E-state index contributed by atoms with van der Waals surface area (Å²) in [6.45, 7) is 0. The number of nitrogens with zero attached hydrogens (tertiary/aromatic N) is 3. The fourth-order valence-corrected chi connectivity index (χ4v) is 4.53. The second-order valence-corrected chi connectivity index (χ2v) is 8.09. The maximum absolute atomic E-state index is 12.7. The molecule has 4 rings (SSSR count). The van der Waals surface area contributed by atoms with Crippen molar-refractivity contribution >= 4 is 35.2 Å². The SMILES string of the molecule is O=C(NC1(C(=O)O)CCSC1)c1nc(C2CC2)n(-c2ccccc2Cl)n1. The van der Waals surface area contributed by atoms with E-state index in [1.54, 1.807) is 10.7 Å². The number of amides is 1. The van der Waals surface area contributed by atoms with Crippen LogP contribution in [-0.4, -0.2) is 48.8 Å². The van der Waals surface area contributed by atoms with Gasteiger partial charge in [-0.25, -0.2) is 14.5 Å². The number of carboxylic acids is 1. The molecule has 1 aromatic heterocycles. The largest absolute Gasteiger partial charge is 0.479 e. The molecule has 1 aliphatic heterocycles. The number of hydrogen-bond donors (Lipinski definition) is 2. The molecule has 2 heterocycles. The van der Waals surface area contributed by atoms with Gasteiger partial charge in [-0.3, -0.25) is 4.79 Å². The highest BCUT2D eigenvalue weighted by atomic mass is 35.5. The van der Waals surface area contributed by atoms with Crippen molar-refractivity contribution in [3.63, 3.8) is 0 Å². The quantitative estimate of drug-likeness (QED) is 0.811.